The highest BCUT2D eigenvalue weighted by Gasteiger charge is 2.05. The van der Waals surface area contributed by atoms with Gasteiger partial charge in [-0.2, -0.15) is 10.3 Å². The van der Waals surface area contributed by atoms with Crippen molar-refractivity contribution in [3.63, 3.8) is 0 Å². The number of nitrogens with two attached hydrogens (primary N) is 2. The number of nitrogens with zero attached hydrogens (tertiary/aromatic N) is 4. The van der Waals surface area contributed by atoms with Crippen LogP contribution in [0.2, 0.25) is 0 Å². The molecule has 0 aliphatic heterocycles. The van der Waals surface area contributed by atoms with Gasteiger partial charge in [0.25, 0.3) is 0 Å². The molecule has 1 aromatic heterocycles. The van der Waals surface area contributed by atoms with Gasteiger partial charge in [0.05, 0.1) is 12.2 Å². The third-order valence-corrected chi connectivity index (χ3v) is 4.05. The summed E-state index contributed by atoms with van der Waals surface area (Å²) in [7, 11) is 0. The predicted molar refractivity (Wildman–Crippen MR) is 96.4 cm³/mol. The summed E-state index contributed by atoms with van der Waals surface area (Å²) in [6.07, 6.45) is 3.73. The molecule has 0 aliphatic carbocycles. The van der Waals surface area contributed by atoms with Crippen molar-refractivity contribution in [2.45, 2.75) is 6.54 Å². The first-order valence-electron chi connectivity index (χ1n) is 6.50. The van der Waals surface area contributed by atoms with Crippen LogP contribution < -0.4 is 16.8 Å². The van der Waals surface area contributed by atoms with Crippen molar-refractivity contribution in [3.8, 4) is 17.5 Å². The molecule has 0 saturated carbocycles. The lowest BCUT2D eigenvalue weighted by Gasteiger charge is -2.03. The molecule has 1 aromatic carbocycles. The number of amidine groups is 1. The SMILES string of the molecule is CSC(=NCc1cccc(-c2csc(N=C(N)N)n2)c1)NC#N. The Hall–Kier alpha value is -2.57. The van der Waals surface area contributed by atoms with E-state index in [-0.39, 0.29) is 5.96 Å². The van der Waals surface area contributed by atoms with Crippen LogP contribution in [0.3, 0.4) is 0 Å². The average molecular weight is 345 g/mol. The van der Waals surface area contributed by atoms with Crippen molar-refractivity contribution in [2.75, 3.05) is 6.26 Å². The molecular formula is C14H15N7S2. The molecule has 7 nitrogen and oxygen atoms in total. The number of thioether (sulfide) groups is 1. The van der Waals surface area contributed by atoms with Gasteiger partial charge in [-0.15, -0.1) is 11.3 Å². The first kappa shape index (κ1) is 16.8. The predicted octanol–water partition coefficient (Wildman–Crippen LogP) is 2.00. The van der Waals surface area contributed by atoms with Crippen LogP contribution >= 0.6 is 23.1 Å². The van der Waals surface area contributed by atoms with Crippen molar-refractivity contribution < 1.29 is 0 Å². The van der Waals surface area contributed by atoms with E-state index in [0.717, 1.165) is 16.8 Å². The lowest BCUT2D eigenvalue weighted by molar-refractivity contribution is 1.06. The van der Waals surface area contributed by atoms with E-state index >= 15 is 0 Å². The summed E-state index contributed by atoms with van der Waals surface area (Å²) in [5, 5.41) is 14.2. The molecule has 0 atom stereocenters. The topological polar surface area (TPSA) is 125 Å². The molecule has 1 heterocycles. The third-order valence-electron chi connectivity index (χ3n) is 2.70. The molecule has 5 N–H and O–H groups in total. The van der Waals surface area contributed by atoms with E-state index in [9.17, 15) is 0 Å². The molecule has 0 unspecified atom stereocenters. The van der Waals surface area contributed by atoms with Gasteiger partial charge in [0.1, 0.15) is 0 Å². The van der Waals surface area contributed by atoms with E-state index < -0.39 is 0 Å². The maximum atomic E-state index is 8.63. The summed E-state index contributed by atoms with van der Waals surface area (Å²) < 4.78 is 0. The van der Waals surface area contributed by atoms with E-state index in [2.05, 4.69) is 20.3 Å². The average Bonchev–Trinajstić information content (AvgIpc) is 2.99. The van der Waals surface area contributed by atoms with E-state index in [1.54, 1.807) is 0 Å². The molecular weight excluding hydrogens is 330 g/mol. The maximum Gasteiger partial charge on any atom is 0.212 e. The summed E-state index contributed by atoms with van der Waals surface area (Å²) in [5.41, 5.74) is 13.5. The summed E-state index contributed by atoms with van der Waals surface area (Å²) in [6.45, 7) is 0.476. The van der Waals surface area contributed by atoms with Crippen LogP contribution in [0, 0.1) is 11.5 Å². The molecule has 0 aliphatic rings. The van der Waals surface area contributed by atoms with Crippen molar-refractivity contribution in [1.82, 2.24) is 10.3 Å². The Labute approximate surface area is 142 Å². The van der Waals surface area contributed by atoms with Crippen LogP contribution in [0.5, 0.6) is 0 Å². The van der Waals surface area contributed by atoms with Crippen LogP contribution in [0.25, 0.3) is 11.3 Å². The van der Waals surface area contributed by atoms with E-state index in [0.29, 0.717) is 16.8 Å². The first-order chi connectivity index (χ1) is 11.1. The van der Waals surface area contributed by atoms with Crippen LogP contribution in [-0.4, -0.2) is 22.4 Å². The lowest BCUT2D eigenvalue weighted by Crippen LogP contribution is -2.21. The van der Waals surface area contributed by atoms with Gasteiger partial charge in [0.2, 0.25) is 5.13 Å². The summed E-state index contributed by atoms with van der Waals surface area (Å²) in [6, 6.07) is 7.88. The maximum absolute atomic E-state index is 8.63. The molecule has 9 heteroatoms. The summed E-state index contributed by atoms with van der Waals surface area (Å²) in [5.74, 6) is -0.0106. The highest BCUT2D eigenvalue weighted by Crippen LogP contribution is 2.27. The van der Waals surface area contributed by atoms with Gasteiger partial charge in [0.15, 0.2) is 17.3 Å². The molecule has 118 valence electrons. The number of hydrogen-bond donors (Lipinski definition) is 3. The van der Waals surface area contributed by atoms with E-state index in [1.807, 2.05) is 42.1 Å². The second-order valence-corrected chi connectivity index (χ2v) is 5.95. The standard InChI is InChI=1S/C14H15N7S2/c1-22-13(19-8-15)18-6-9-3-2-4-10(5-9)11-7-23-14(20-11)21-12(16)17/h2-5,7H,6H2,1H3,(H,18,19)(H4,16,17,20,21). The number of aromatic nitrogens is 1. The Morgan fingerprint density at radius 1 is 1.48 bits per heavy atom. The molecule has 0 amide bonds. The zero-order chi connectivity index (χ0) is 16.7. The molecule has 2 aromatic rings. The van der Waals surface area contributed by atoms with E-state index in [1.165, 1.54) is 23.1 Å². The Morgan fingerprint density at radius 2 is 2.30 bits per heavy atom. The second kappa shape index (κ2) is 8.17. The first-order valence-corrected chi connectivity index (χ1v) is 8.61. The highest BCUT2D eigenvalue weighted by molar-refractivity contribution is 8.13. The molecule has 0 radical (unpaired) electrons. The zero-order valence-electron chi connectivity index (χ0n) is 12.4. The largest absolute Gasteiger partial charge is 0.370 e. The van der Waals surface area contributed by atoms with Crippen LogP contribution in [0.4, 0.5) is 5.13 Å². The number of benzene rings is 1. The van der Waals surface area contributed by atoms with Gasteiger partial charge in [0, 0.05) is 10.9 Å². The third kappa shape index (κ3) is 4.98. The normalized spacial score (nSPS) is 10.9. The minimum Gasteiger partial charge on any atom is -0.370 e. The van der Waals surface area contributed by atoms with Crippen LogP contribution in [0.15, 0.2) is 39.6 Å². The fourth-order valence-corrected chi connectivity index (χ4v) is 2.81. The Bertz CT molecular complexity index is 769. The molecule has 0 spiro atoms. The van der Waals surface area contributed by atoms with Crippen LogP contribution in [0.1, 0.15) is 5.56 Å². The molecule has 0 fully saturated rings. The fraction of sp³-hybridized carbons (Fsp3) is 0.143. The van der Waals surface area contributed by atoms with Gasteiger partial charge in [-0.3, -0.25) is 10.3 Å². The number of nitrogens with one attached hydrogen (secondary N) is 1. The minimum absolute atomic E-state index is 0.0106. The Balaban J connectivity index is 2.18. The Morgan fingerprint density at radius 3 is 3.00 bits per heavy atom. The molecule has 2 rings (SSSR count). The van der Waals surface area contributed by atoms with Gasteiger partial charge >= 0.3 is 0 Å². The molecule has 23 heavy (non-hydrogen) atoms. The van der Waals surface area contributed by atoms with Crippen molar-refractivity contribution in [1.29, 1.82) is 5.26 Å². The number of guanidine groups is 1. The quantitative estimate of drug-likeness (QED) is 0.337. The number of nitriles is 1. The second-order valence-electron chi connectivity index (χ2n) is 4.31. The fourth-order valence-electron chi connectivity index (χ4n) is 1.75. The van der Waals surface area contributed by atoms with Crippen molar-refractivity contribution >= 4 is 39.4 Å². The Kier molecular flexibility index (Phi) is 5.96. The van der Waals surface area contributed by atoms with Gasteiger partial charge in [-0.05, 0) is 17.9 Å². The van der Waals surface area contributed by atoms with Gasteiger partial charge < -0.3 is 11.5 Å². The van der Waals surface area contributed by atoms with Crippen molar-refractivity contribution in [2.24, 2.45) is 21.5 Å². The summed E-state index contributed by atoms with van der Waals surface area (Å²) >= 11 is 2.76. The van der Waals surface area contributed by atoms with Crippen molar-refractivity contribution in [3.05, 3.63) is 35.2 Å². The summed E-state index contributed by atoms with van der Waals surface area (Å²) in [4.78, 5) is 12.7. The van der Waals surface area contributed by atoms with Crippen LogP contribution in [-0.2, 0) is 6.54 Å². The highest BCUT2D eigenvalue weighted by atomic mass is 32.2. The van der Waals surface area contributed by atoms with Gasteiger partial charge in [-0.1, -0.05) is 30.0 Å². The van der Waals surface area contributed by atoms with E-state index in [4.69, 9.17) is 16.7 Å². The number of rotatable bonds is 4. The monoisotopic (exact) mass is 345 g/mol. The number of aliphatic imine (C=N–C) groups is 2. The lowest BCUT2D eigenvalue weighted by atomic mass is 10.1. The molecule has 0 bridgehead atoms. The smallest absolute Gasteiger partial charge is 0.212 e. The van der Waals surface area contributed by atoms with Gasteiger partial charge in [-0.25, -0.2) is 4.98 Å². The number of hydrogen-bond acceptors (Lipinski definition) is 6. The number of thiazole rings is 1. The zero-order valence-corrected chi connectivity index (χ0v) is 14.0. The molecule has 0 saturated heterocycles. The minimum atomic E-state index is -0.0106.